The molecule has 4 rings (SSSR count). The van der Waals surface area contributed by atoms with E-state index >= 15 is 0 Å². The Morgan fingerprint density at radius 1 is 1.20 bits per heavy atom. The van der Waals surface area contributed by atoms with Crippen molar-refractivity contribution in [3.8, 4) is 11.7 Å². The number of rotatable bonds is 4. The summed E-state index contributed by atoms with van der Waals surface area (Å²) in [5.74, 6) is 1.58. The van der Waals surface area contributed by atoms with E-state index in [4.69, 9.17) is 13.6 Å². The predicted molar refractivity (Wildman–Crippen MR) is 90.5 cm³/mol. The number of hydrogen-bond acceptors (Lipinski definition) is 7. The molecule has 0 N–H and O–H groups in total. The molecule has 0 aliphatic carbocycles. The molecule has 1 unspecified atom stereocenters. The summed E-state index contributed by atoms with van der Waals surface area (Å²) in [6, 6.07) is 3.56. The van der Waals surface area contributed by atoms with E-state index in [2.05, 4.69) is 31.0 Å². The molecule has 0 radical (unpaired) electrons. The van der Waals surface area contributed by atoms with Crippen LogP contribution < -0.4 is 0 Å². The quantitative estimate of drug-likeness (QED) is 0.760. The summed E-state index contributed by atoms with van der Waals surface area (Å²) < 4.78 is 17.2. The summed E-state index contributed by atoms with van der Waals surface area (Å²) in [7, 11) is 0. The lowest BCUT2D eigenvalue weighted by atomic mass is 10.2. The van der Waals surface area contributed by atoms with Gasteiger partial charge in [0.15, 0.2) is 10.4 Å². The first-order chi connectivity index (χ1) is 12.2. The van der Waals surface area contributed by atoms with Crippen LogP contribution in [0.2, 0.25) is 0 Å². The van der Waals surface area contributed by atoms with Gasteiger partial charge in [0.05, 0.1) is 6.54 Å². The van der Waals surface area contributed by atoms with E-state index in [0.29, 0.717) is 48.5 Å². The predicted octanol–water partition coefficient (Wildman–Crippen LogP) is 1.92. The van der Waals surface area contributed by atoms with Crippen LogP contribution in [0, 0.1) is 0 Å². The number of furan rings is 1. The normalized spacial score (nSPS) is 21.8. The average molecular weight is 411 g/mol. The number of amides is 1. The van der Waals surface area contributed by atoms with Crippen LogP contribution in [0.1, 0.15) is 18.7 Å². The highest BCUT2D eigenvalue weighted by atomic mass is 79.9. The first-order valence-electron chi connectivity index (χ1n) is 8.40. The zero-order chi connectivity index (χ0) is 17.2. The lowest BCUT2D eigenvalue weighted by Gasteiger charge is -2.35. The molecule has 2 saturated heterocycles. The Kier molecular flexibility index (Phi) is 4.87. The Balaban J connectivity index is 1.30. The van der Waals surface area contributed by atoms with Crippen molar-refractivity contribution in [2.24, 2.45) is 0 Å². The second kappa shape index (κ2) is 7.27. The highest BCUT2D eigenvalue weighted by Crippen LogP contribution is 2.24. The van der Waals surface area contributed by atoms with Crippen LogP contribution in [0.15, 0.2) is 25.6 Å². The van der Waals surface area contributed by atoms with Crippen molar-refractivity contribution < 1.29 is 18.4 Å². The fourth-order valence-electron chi connectivity index (χ4n) is 3.14. The van der Waals surface area contributed by atoms with E-state index in [1.165, 1.54) is 0 Å². The monoisotopic (exact) mass is 410 g/mol. The van der Waals surface area contributed by atoms with Crippen LogP contribution in [-0.4, -0.2) is 64.8 Å². The van der Waals surface area contributed by atoms with E-state index in [1.807, 2.05) is 4.90 Å². The SMILES string of the molecule is O=C(C1CCCO1)N1CCN(Cc2nnc(-c3ccc(Br)o3)o2)CC1. The molecule has 4 heterocycles. The Bertz CT molecular complexity index is 732. The maximum absolute atomic E-state index is 12.4. The average Bonchev–Trinajstić information content (AvgIpc) is 3.36. The Morgan fingerprint density at radius 3 is 2.72 bits per heavy atom. The molecule has 2 fully saturated rings. The second-order valence-electron chi connectivity index (χ2n) is 6.21. The van der Waals surface area contributed by atoms with Gasteiger partial charge in [-0.3, -0.25) is 9.69 Å². The maximum atomic E-state index is 12.4. The summed E-state index contributed by atoms with van der Waals surface area (Å²) in [4.78, 5) is 16.5. The second-order valence-corrected chi connectivity index (χ2v) is 6.99. The number of nitrogens with zero attached hydrogens (tertiary/aromatic N) is 4. The molecular formula is C16H19BrN4O4. The number of aromatic nitrogens is 2. The third kappa shape index (κ3) is 3.78. The van der Waals surface area contributed by atoms with Gasteiger partial charge in [-0.1, -0.05) is 0 Å². The lowest BCUT2D eigenvalue weighted by Crippen LogP contribution is -2.51. The molecule has 9 heteroatoms. The van der Waals surface area contributed by atoms with Gasteiger partial charge in [-0.2, -0.15) is 0 Å². The molecule has 2 aliphatic heterocycles. The fourth-order valence-corrected chi connectivity index (χ4v) is 3.45. The van der Waals surface area contributed by atoms with Gasteiger partial charge in [-0.15, -0.1) is 10.2 Å². The molecule has 1 amide bonds. The van der Waals surface area contributed by atoms with Gasteiger partial charge in [0, 0.05) is 32.8 Å². The zero-order valence-electron chi connectivity index (χ0n) is 13.7. The summed E-state index contributed by atoms with van der Waals surface area (Å²) >= 11 is 3.25. The number of piperazine rings is 1. The standard InChI is InChI=1S/C16H19BrN4O4/c17-13-4-3-11(24-13)15-19-18-14(25-15)10-20-5-7-21(8-6-20)16(22)12-2-1-9-23-12/h3-4,12H,1-2,5-10H2. The number of carbonyl (C=O) groups excluding carboxylic acids is 1. The minimum absolute atomic E-state index is 0.126. The van der Waals surface area contributed by atoms with E-state index in [9.17, 15) is 4.79 Å². The minimum atomic E-state index is -0.238. The van der Waals surface area contributed by atoms with E-state index in [-0.39, 0.29) is 12.0 Å². The molecule has 0 spiro atoms. The van der Waals surface area contributed by atoms with Gasteiger partial charge in [0.25, 0.3) is 11.8 Å². The van der Waals surface area contributed by atoms with Crippen LogP contribution in [0.4, 0.5) is 0 Å². The number of carbonyl (C=O) groups is 1. The van der Waals surface area contributed by atoms with Crippen LogP contribution in [0.5, 0.6) is 0 Å². The van der Waals surface area contributed by atoms with Crippen molar-refractivity contribution in [3.63, 3.8) is 0 Å². The third-order valence-electron chi connectivity index (χ3n) is 4.50. The van der Waals surface area contributed by atoms with Gasteiger partial charge in [0.1, 0.15) is 6.10 Å². The van der Waals surface area contributed by atoms with Crippen molar-refractivity contribution in [3.05, 3.63) is 22.7 Å². The van der Waals surface area contributed by atoms with Crippen LogP contribution >= 0.6 is 15.9 Å². The number of halogens is 1. The zero-order valence-corrected chi connectivity index (χ0v) is 15.3. The molecule has 1 atom stereocenters. The molecular weight excluding hydrogens is 392 g/mol. The highest BCUT2D eigenvalue weighted by Gasteiger charge is 2.30. The Labute approximate surface area is 153 Å². The number of hydrogen-bond donors (Lipinski definition) is 0. The summed E-state index contributed by atoms with van der Waals surface area (Å²) in [6.45, 7) is 4.22. The number of ether oxygens (including phenoxy) is 1. The molecule has 134 valence electrons. The Morgan fingerprint density at radius 2 is 2.04 bits per heavy atom. The summed E-state index contributed by atoms with van der Waals surface area (Å²) in [5.41, 5.74) is 0. The van der Waals surface area contributed by atoms with Gasteiger partial charge in [-0.25, -0.2) is 0 Å². The van der Waals surface area contributed by atoms with Crippen molar-refractivity contribution in [1.29, 1.82) is 0 Å². The first-order valence-corrected chi connectivity index (χ1v) is 9.19. The topological polar surface area (TPSA) is 84.8 Å². The van der Waals surface area contributed by atoms with Crippen LogP contribution in [-0.2, 0) is 16.1 Å². The molecule has 2 aliphatic rings. The van der Waals surface area contributed by atoms with Crippen molar-refractivity contribution in [2.45, 2.75) is 25.5 Å². The van der Waals surface area contributed by atoms with Crippen molar-refractivity contribution >= 4 is 21.8 Å². The summed E-state index contributed by atoms with van der Waals surface area (Å²) in [5, 5.41) is 8.10. The third-order valence-corrected chi connectivity index (χ3v) is 4.92. The van der Waals surface area contributed by atoms with Gasteiger partial charge >= 0.3 is 0 Å². The van der Waals surface area contributed by atoms with E-state index in [0.717, 1.165) is 25.9 Å². The lowest BCUT2D eigenvalue weighted by molar-refractivity contribution is -0.142. The molecule has 2 aromatic heterocycles. The fraction of sp³-hybridized carbons (Fsp3) is 0.562. The highest BCUT2D eigenvalue weighted by molar-refractivity contribution is 9.10. The Hall–Kier alpha value is -1.71. The molecule has 0 saturated carbocycles. The molecule has 0 bridgehead atoms. The minimum Gasteiger partial charge on any atom is -0.444 e. The van der Waals surface area contributed by atoms with Crippen molar-refractivity contribution in [1.82, 2.24) is 20.0 Å². The van der Waals surface area contributed by atoms with E-state index in [1.54, 1.807) is 12.1 Å². The first kappa shape index (κ1) is 16.7. The van der Waals surface area contributed by atoms with Crippen molar-refractivity contribution in [2.75, 3.05) is 32.8 Å². The maximum Gasteiger partial charge on any atom is 0.283 e. The smallest absolute Gasteiger partial charge is 0.283 e. The van der Waals surface area contributed by atoms with E-state index < -0.39 is 0 Å². The van der Waals surface area contributed by atoms with Gasteiger partial charge in [0.2, 0.25) is 5.89 Å². The molecule has 25 heavy (non-hydrogen) atoms. The molecule has 2 aromatic rings. The summed E-state index contributed by atoms with van der Waals surface area (Å²) in [6.07, 6.45) is 1.58. The molecule has 0 aromatic carbocycles. The molecule has 8 nitrogen and oxygen atoms in total. The van der Waals surface area contributed by atoms with Crippen LogP contribution in [0.3, 0.4) is 0 Å². The van der Waals surface area contributed by atoms with Gasteiger partial charge < -0.3 is 18.5 Å². The van der Waals surface area contributed by atoms with Crippen LogP contribution in [0.25, 0.3) is 11.7 Å². The van der Waals surface area contributed by atoms with Gasteiger partial charge in [-0.05, 0) is 40.9 Å². The largest absolute Gasteiger partial charge is 0.444 e.